The Hall–Kier alpha value is -3.48. The Labute approximate surface area is 163 Å². The fourth-order valence-corrected chi connectivity index (χ4v) is 2.85. The number of benzene rings is 2. The molecule has 0 saturated carbocycles. The maximum atomic E-state index is 5.59. The van der Waals surface area contributed by atoms with Gasteiger partial charge in [-0.05, 0) is 36.8 Å². The van der Waals surface area contributed by atoms with E-state index in [1.54, 1.807) is 13.3 Å². The third kappa shape index (κ3) is 4.09. The van der Waals surface area contributed by atoms with Crippen molar-refractivity contribution < 1.29 is 13.9 Å². The van der Waals surface area contributed by atoms with Gasteiger partial charge >= 0.3 is 0 Å². The van der Waals surface area contributed by atoms with Crippen LogP contribution in [0.25, 0.3) is 11.5 Å². The number of nitrogens with zero attached hydrogens (tertiary/aromatic N) is 2. The maximum absolute atomic E-state index is 5.59. The molecule has 0 spiro atoms. The van der Waals surface area contributed by atoms with Gasteiger partial charge in [0.1, 0.15) is 6.26 Å². The highest BCUT2D eigenvalue weighted by atomic mass is 16.7. The van der Waals surface area contributed by atoms with Crippen molar-refractivity contribution in [1.29, 1.82) is 0 Å². The van der Waals surface area contributed by atoms with Crippen LogP contribution in [-0.2, 0) is 13.1 Å². The third-order valence-electron chi connectivity index (χ3n) is 4.41. The van der Waals surface area contributed by atoms with Gasteiger partial charge in [-0.3, -0.25) is 4.99 Å². The lowest BCUT2D eigenvalue weighted by atomic mass is 10.1. The second kappa shape index (κ2) is 8.04. The van der Waals surface area contributed by atoms with Crippen molar-refractivity contribution in [2.75, 3.05) is 13.8 Å². The van der Waals surface area contributed by atoms with Gasteiger partial charge in [0, 0.05) is 19.2 Å². The Balaban J connectivity index is 1.31. The van der Waals surface area contributed by atoms with Crippen LogP contribution in [0.1, 0.15) is 16.8 Å². The number of nitrogens with one attached hydrogen (secondary N) is 2. The van der Waals surface area contributed by atoms with Crippen LogP contribution in [0.3, 0.4) is 0 Å². The van der Waals surface area contributed by atoms with Gasteiger partial charge in [-0.2, -0.15) is 0 Å². The molecule has 0 bridgehead atoms. The highest BCUT2D eigenvalue weighted by molar-refractivity contribution is 5.79. The molecule has 144 valence electrons. The van der Waals surface area contributed by atoms with Crippen molar-refractivity contribution in [2.24, 2.45) is 4.99 Å². The fourth-order valence-electron chi connectivity index (χ4n) is 2.85. The number of fused-ring (bicyclic) bond motifs is 1. The molecule has 1 aliphatic rings. The zero-order chi connectivity index (χ0) is 19.3. The number of aromatic nitrogens is 1. The van der Waals surface area contributed by atoms with Crippen LogP contribution < -0.4 is 20.1 Å². The number of hydrogen-bond donors (Lipinski definition) is 2. The minimum absolute atomic E-state index is 0.276. The van der Waals surface area contributed by atoms with Crippen LogP contribution in [0.4, 0.5) is 0 Å². The zero-order valence-electron chi connectivity index (χ0n) is 15.9. The number of rotatable bonds is 5. The quantitative estimate of drug-likeness (QED) is 0.524. The summed E-state index contributed by atoms with van der Waals surface area (Å²) < 4.78 is 16.3. The molecule has 0 radical (unpaired) electrons. The first-order valence-electron chi connectivity index (χ1n) is 9.06. The molecule has 3 aromatic rings. The summed E-state index contributed by atoms with van der Waals surface area (Å²) in [6, 6.07) is 14.0. The predicted molar refractivity (Wildman–Crippen MR) is 106 cm³/mol. The lowest BCUT2D eigenvalue weighted by Gasteiger charge is -2.11. The Kier molecular flexibility index (Phi) is 5.14. The lowest BCUT2D eigenvalue weighted by molar-refractivity contribution is 0.174. The molecule has 0 fully saturated rings. The van der Waals surface area contributed by atoms with Crippen molar-refractivity contribution in [3.63, 3.8) is 0 Å². The van der Waals surface area contributed by atoms with Crippen LogP contribution in [0.5, 0.6) is 11.5 Å². The van der Waals surface area contributed by atoms with Crippen LogP contribution in [0.2, 0.25) is 0 Å². The van der Waals surface area contributed by atoms with Gasteiger partial charge in [-0.25, -0.2) is 4.98 Å². The molecule has 7 heteroatoms. The van der Waals surface area contributed by atoms with E-state index in [0.717, 1.165) is 28.3 Å². The normalized spacial score (nSPS) is 12.9. The molecule has 0 unspecified atom stereocenters. The lowest BCUT2D eigenvalue weighted by Crippen LogP contribution is -2.36. The van der Waals surface area contributed by atoms with Gasteiger partial charge in [0.2, 0.25) is 12.7 Å². The Morgan fingerprint density at radius 2 is 1.82 bits per heavy atom. The van der Waals surface area contributed by atoms with Crippen molar-refractivity contribution in [3.8, 4) is 23.0 Å². The van der Waals surface area contributed by atoms with E-state index in [1.807, 2.05) is 42.5 Å². The van der Waals surface area contributed by atoms with Crippen LogP contribution in [0.15, 0.2) is 58.1 Å². The zero-order valence-corrected chi connectivity index (χ0v) is 15.9. The molecule has 7 nitrogen and oxygen atoms in total. The number of guanidine groups is 1. The fraction of sp³-hybridized carbons (Fsp3) is 0.238. The van der Waals surface area contributed by atoms with Crippen molar-refractivity contribution in [2.45, 2.75) is 20.0 Å². The molecular formula is C21H22N4O3. The van der Waals surface area contributed by atoms with Gasteiger partial charge in [-0.15, -0.1) is 0 Å². The topological polar surface area (TPSA) is 80.9 Å². The van der Waals surface area contributed by atoms with E-state index in [2.05, 4.69) is 27.5 Å². The van der Waals surface area contributed by atoms with E-state index in [4.69, 9.17) is 13.9 Å². The number of hydrogen-bond acceptors (Lipinski definition) is 5. The molecule has 4 rings (SSSR count). The van der Waals surface area contributed by atoms with E-state index < -0.39 is 0 Å². The molecule has 0 aliphatic carbocycles. The largest absolute Gasteiger partial charge is 0.454 e. The van der Waals surface area contributed by atoms with Gasteiger partial charge < -0.3 is 24.5 Å². The molecule has 2 aromatic carbocycles. The first-order valence-corrected chi connectivity index (χ1v) is 9.06. The molecule has 0 amide bonds. The summed E-state index contributed by atoms with van der Waals surface area (Å²) in [7, 11) is 1.73. The van der Waals surface area contributed by atoms with E-state index in [-0.39, 0.29) is 6.79 Å². The summed E-state index contributed by atoms with van der Waals surface area (Å²) in [4.78, 5) is 8.78. The average molecular weight is 378 g/mol. The minimum atomic E-state index is 0.276. The summed E-state index contributed by atoms with van der Waals surface area (Å²) in [5, 5.41) is 6.52. The van der Waals surface area contributed by atoms with E-state index in [1.165, 1.54) is 5.56 Å². The monoisotopic (exact) mass is 378 g/mol. The molecule has 1 aromatic heterocycles. The number of oxazole rings is 1. The van der Waals surface area contributed by atoms with Crippen molar-refractivity contribution >= 4 is 5.96 Å². The molecule has 0 saturated heterocycles. The number of aryl methyl sites for hydroxylation is 1. The number of ether oxygens (including phenoxy) is 2. The Bertz CT molecular complexity index is 980. The third-order valence-corrected chi connectivity index (χ3v) is 4.41. The SMILES string of the molecule is CN=C(NCc1ccc2c(c1)OCO2)NCc1coc(-c2ccc(C)cc2)n1. The minimum Gasteiger partial charge on any atom is -0.454 e. The van der Waals surface area contributed by atoms with Crippen molar-refractivity contribution in [3.05, 3.63) is 65.5 Å². The summed E-state index contributed by atoms with van der Waals surface area (Å²) in [5.74, 6) is 2.84. The molecule has 2 N–H and O–H groups in total. The van der Waals surface area contributed by atoms with Crippen molar-refractivity contribution in [1.82, 2.24) is 15.6 Å². The summed E-state index contributed by atoms with van der Waals surface area (Å²) >= 11 is 0. The highest BCUT2D eigenvalue weighted by Gasteiger charge is 2.13. The molecular weight excluding hydrogens is 356 g/mol. The average Bonchev–Trinajstić information content (AvgIpc) is 3.37. The van der Waals surface area contributed by atoms with Gasteiger partial charge in [0.15, 0.2) is 17.5 Å². The second-order valence-corrected chi connectivity index (χ2v) is 6.48. The maximum Gasteiger partial charge on any atom is 0.231 e. The van der Waals surface area contributed by atoms with E-state index in [0.29, 0.717) is 24.9 Å². The van der Waals surface area contributed by atoms with E-state index >= 15 is 0 Å². The van der Waals surface area contributed by atoms with E-state index in [9.17, 15) is 0 Å². The molecule has 0 atom stereocenters. The second-order valence-electron chi connectivity index (χ2n) is 6.48. The first kappa shape index (κ1) is 17.9. The highest BCUT2D eigenvalue weighted by Crippen LogP contribution is 2.32. The molecule has 28 heavy (non-hydrogen) atoms. The standard InChI is InChI=1S/C21H22N4O3/c1-14-3-6-16(7-4-14)20-25-17(12-26-20)11-24-21(22-2)23-10-15-5-8-18-19(9-15)28-13-27-18/h3-9,12H,10-11,13H2,1-2H3,(H2,22,23,24). The summed E-state index contributed by atoms with van der Waals surface area (Å²) in [6.45, 7) is 3.45. The van der Waals surface area contributed by atoms with Gasteiger partial charge in [0.05, 0.1) is 12.2 Å². The first-order chi connectivity index (χ1) is 13.7. The Morgan fingerprint density at radius 1 is 1.04 bits per heavy atom. The van der Waals surface area contributed by atoms with Gasteiger partial charge in [-0.1, -0.05) is 23.8 Å². The predicted octanol–water partition coefficient (Wildman–Crippen LogP) is 3.24. The smallest absolute Gasteiger partial charge is 0.231 e. The molecule has 1 aliphatic heterocycles. The van der Waals surface area contributed by atoms with Crippen LogP contribution in [-0.4, -0.2) is 24.8 Å². The van der Waals surface area contributed by atoms with Gasteiger partial charge in [0.25, 0.3) is 0 Å². The Morgan fingerprint density at radius 3 is 2.64 bits per heavy atom. The summed E-state index contributed by atoms with van der Waals surface area (Å²) in [5.41, 5.74) is 4.05. The molecule has 2 heterocycles. The van der Waals surface area contributed by atoms with Crippen LogP contribution >= 0.6 is 0 Å². The van der Waals surface area contributed by atoms with Crippen LogP contribution in [0, 0.1) is 6.92 Å². The number of aliphatic imine (C=N–C) groups is 1. The summed E-state index contributed by atoms with van der Waals surface area (Å²) in [6.07, 6.45) is 1.66.